The number of rotatable bonds is 4. The van der Waals surface area contributed by atoms with Gasteiger partial charge in [-0.3, -0.25) is 10.1 Å². The van der Waals surface area contributed by atoms with Crippen LogP contribution < -0.4 is 4.74 Å². The Morgan fingerprint density at radius 1 is 1.42 bits per heavy atom. The summed E-state index contributed by atoms with van der Waals surface area (Å²) in [6.45, 7) is 4.01. The third kappa shape index (κ3) is 2.40. The van der Waals surface area contributed by atoms with Crippen LogP contribution in [-0.4, -0.2) is 26.8 Å². The number of hydrogen-bond donors (Lipinski definition) is 0. The molecular formula is C12H14N4O3. The van der Waals surface area contributed by atoms with Crippen molar-refractivity contribution in [2.24, 2.45) is 0 Å². The molecule has 0 spiro atoms. The number of hydrogen-bond acceptors (Lipinski definition) is 5. The molecule has 100 valence electrons. The third-order valence-electron chi connectivity index (χ3n) is 2.77. The van der Waals surface area contributed by atoms with E-state index in [4.69, 9.17) is 4.74 Å². The molecule has 0 saturated heterocycles. The van der Waals surface area contributed by atoms with Crippen molar-refractivity contribution in [3.63, 3.8) is 0 Å². The molecule has 1 aromatic heterocycles. The van der Waals surface area contributed by atoms with Gasteiger partial charge in [0.05, 0.1) is 23.7 Å². The zero-order valence-electron chi connectivity index (χ0n) is 10.9. The van der Waals surface area contributed by atoms with Crippen molar-refractivity contribution in [2.45, 2.75) is 19.9 Å². The lowest BCUT2D eigenvalue weighted by Gasteiger charge is -2.12. The van der Waals surface area contributed by atoms with Gasteiger partial charge in [-0.2, -0.15) is 0 Å². The third-order valence-corrected chi connectivity index (χ3v) is 2.77. The van der Waals surface area contributed by atoms with Crippen LogP contribution in [-0.2, 0) is 0 Å². The maximum Gasteiger partial charge on any atom is 0.273 e. The van der Waals surface area contributed by atoms with Crippen molar-refractivity contribution in [3.05, 3.63) is 34.6 Å². The molecule has 0 saturated carbocycles. The van der Waals surface area contributed by atoms with Gasteiger partial charge < -0.3 is 9.30 Å². The van der Waals surface area contributed by atoms with E-state index in [0.29, 0.717) is 17.1 Å². The highest BCUT2D eigenvalue weighted by Crippen LogP contribution is 2.32. The molecule has 0 aliphatic rings. The molecule has 0 N–H and O–H groups in total. The number of nitro groups is 1. The summed E-state index contributed by atoms with van der Waals surface area (Å²) in [5.41, 5.74) is 0.663. The molecule has 19 heavy (non-hydrogen) atoms. The summed E-state index contributed by atoms with van der Waals surface area (Å²) >= 11 is 0. The van der Waals surface area contributed by atoms with Crippen LogP contribution >= 0.6 is 0 Å². The van der Waals surface area contributed by atoms with Gasteiger partial charge in [0.25, 0.3) is 5.69 Å². The van der Waals surface area contributed by atoms with Crippen LogP contribution in [0.25, 0.3) is 11.4 Å². The van der Waals surface area contributed by atoms with Gasteiger partial charge in [0, 0.05) is 12.1 Å². The van der Waals surface area contributed by atoms with E-state index in [9.17, 15) is 10.1 Å². The van der Waals surface area contributed by atoms with E-state index in [1.807, 2.05) is 18.4 Å². The van der Waals surface area contributed by atoms with Crippen molar-refractivity contribution in [1.82, 2.24) is 14.8 Å². The molecule has 1 heterocycles. The van der Waals surface area contributed by atoms with Crippen LogP contribution in [0.1, 0.15) is 19.9 Å². The largest absolute Gasteiger partial charge is 0.496 e. The molecular weight excluding hydrogens is 248 g/mol. The van der Waals surface area contributed by atoms with Crippen molar-refractivity contribution < 1.29 is 9.66 Å². The summed E-state index contributed by atoms with van der Waals surface area (Å²) < 4.78 is 7.09. The molecule has 0 atom stereocenters. The van der Waals surface area contributed by atoms with Crippen LogP contribution in [0.5, 0.6) is 5.75 Å². The smallest absolute Gasteiger partial charge is 0.273 e. The molecule has 0 aliphatic heterocycles. The first-order valence-corrected chi connectivity index (χ1v) is 5.77. The number of ether oxygens (including phenoxy) is 1. The number of nitrogens with zero attached hydrogens (tertiary/aromatic N) is 4. The Labute approximate surface area is 110 Å². The second-order valence-electron chi connectivity index (χ2n) is 4.30. The minimum atomic E-state index is -0.459. The Balaban J connectivity index is 2.56. The maximum atomic E-state index is 10.8. The SMILES string of the molecule is COc1cc([N+](=O)[O-])ccc1-c1nncn1C(C)C. The van der Waals surface area contributed by atoms with E-state index < -0.39 is 4.92 Å². The van der Waals surface area contributed by atoms with Crippen molar-refractivity contribution in [2.75, 3.05) is 7.11 Å². The first-order valence-electron chi connectivity index (χ1n) is 5.77. The molecule has 0 amide bonds. The number of benzene rings is 1. The van der Waals surface area contributed by atoms with Gasteiger partial charge in [0.15, 0.2) is 5.82 Å². The highest BCUT2D eigenvalue weighted by atomic mass is 16.6. The van der Waals surface area contributed by atoms with Gasteiger partial charge in [-0.15, -0.1) is 10.2 Å². The van der Waals surface area contributed by atoms with Gasteiger partial charge in [-0.25, -0.2) is 0 Å². The van der Waals surface area contributed by atoms with E-state index in [1.165, 1.54) is 19.2 Å². The lowest BCUT2D eigenvalue weighted by molar-refractivity contribution is -0.384. The Bertz CT molecular complexity index is 607. The monoisotopic (exact) mass is 262 g/mol. The van der Waals surface area contributed by atoms with E-state index in [2.05, 4.69) is 10.2 Å². The Morgan fingerprint density at radius 2 is 2.16 bits per heavy atom. The minimum absolute atomic E-state index is 0.0174. The molecule has 1 aromatic carbocycles. The molecule has 7 nitrogen and oxygen atoms in total. The topological polar surface area (TPSA) is 83.1 Å². The fourth-order valence-corrected chi connectivity index (χ4v) is 1.79. The van der Waals surface area contributed by atoms with E-state index in [-0.39, 0.29) is 11.7 Å². The van der Waals surface area contributed by atoms with Crippen molar-refractivity contribution >= 4 is 5.69 Å². The van der Waals surface area contributed by atoms with Gasteiger partial charge in [-0.1, -0.05) is 0 Å². The van der Waals surface area contributed by atoms with Gasteiger partial charge in [0.1, 0.15) is 12.1 Å². The van der Waals surface area contributed by atoms with Crippen LogP contribution in [0.2, 0.25) is 0 Å². The summed E-state index contributed by atoms with van der Waals surface area (Å²) in [7, 11) is 1.47. The maximum absolute atomic E-state index is 10.8. The zero-order chi connectivity index (χ0) is 14.0. The molecule has 0 unspecified atom stereocenters. The number of non-ortho nitro benzene ring substituents is 1. The fourth-order valence-electron chi connectivity index (χ4n) is 1.79. The van der Waals surface area contributed by atoms with Crippen LogP contribution in [0.3, 0.4) is 0 Å². The van der Waals surface area contributed by atoms with E-state index in [0.717, 1.165) is 0 Å². The first kappa shape index (κ1) is 13.0. The highest BCUT2D eigenvalue weighted by Gasteiger charge is 2.17. The first-order chi connectivity index (χ1) is 9.04. The molecule has 0 fully saturated rings. The predicted molar refractivity (Wildman–Crippen MR) is 69.0 cm³/mol. The van der Waals surface area contributed by atoms with Crippen LogP contribution in [0, 0.1) is 10.1 Å². The number of nitro benzene ring substituents is 1. The van der Waals surface area contributed by atoms with Gasteiger partial charge in [0.2, 0.25) is 0 Å². The summed E-state index contributed by atoms with van der Waals surface area (Å²) in [4.78, 5) is 10.3. The second kappa shape index (κ2) is 5.05. The predicted octanol–water partition coefficient (Wildman–Crippen LogP) is 2.44. The average molecular weight is 262 g/mol. The fraction of sp³-hybridized carbons (Fsp3) is 0.333. The normalized spacial score (nSPS) is 10.7. The summed E-state index contributed by atoms with van der Waals surface area (Å²) in [5, 5.41) is 18.7. The summed E-state index contributed by atoms with van der Waals surface area (Å²) in [6.07, 6.45) is 1.63. The lowest BCUT2D eigenvalue weighted by Crippen LogP contribution is -2.03. The Morgan fingerprint density at radius 3 is 2.74 bits per heavy atom. The average Bonchev–Trinajstić information content (AvgIpc) is 2.87. The number of methoxy groups -OCH3 is 1. The molecule has 7 heteroatoms. The second-order valence-corrected chi connectivity index (χ2v) is 4.30. The molecule has 0 radical (unpaired) electrons. The lowest BCUT2D eigenvalue weighted by atomic mass is 10.1. The van der Waals surface area contributed by atoms with Crippen LogP contribution in [0.15, 0.2) is 24.5 Å². The molecule has 0 aliphatic carbocycles. The highest BCUT2D eigenvalue weighted by molar-refractivity contribution is 5.67. The molecule has 2 aromatic rings. The molecule has 2 rings (SSSR count). The standard InChI is InChI=1S/C12H14N4O3/c1-8(2)15-7-13-14-12(15)10-5-4-9(16(17)18)6-11(10)19-3/h4-8H,1-3H3. The van der Waals surface area contributed by atoms with Gasteiger partial charge in [-0.05, 0) is 19.9 Å². The van der Waals surface area contributed by atoms with Gasteiger partial charge >= 0.3 is 0 Å². The van der Waals surface area contributed by atoms with E-state index in [1.54, 1.807) is 12.4 Å². The summed E-state index contributed by atoms with van der Waals surface area (Å²) in [6, 6.07) is 4.62. The summed E-state index contributed by atoms with van der Waals surface area (Å²) in [5.74, 6) is 1.03. The van der Waals surface area contributed by atoms with E-state index >= 15 is 0 Å². The zero-order valence-corrected chi connectivity index (χ0v) is 10.9. The molecule has 0 bridgehead atoms. The Hall–Kier alpha value is -2.44. The number of aromatic nitrogens is 3. The van der Waals surface area contributed by atoms with Crippen molar-refractivity contribution in [1.29, 1.82) is 0 Å². The Kier molecular flexibility index (Phi) is 3.46. The minimum Gasteiger partial charge on any atom is -0.496 e. The quantitative estimate of drug-likeness (QED) is 0.624. The van der Waals surface area contributed by atoms with Crippen LogP contribution in [0.4, 0.5) is 5.69 Å². The van der Waals surface area contributed by atoms with Crippen molar-refractivity contribution in [3.8, 4) is 17.1 Å².